The number of thioether (sulfide) groups is 1. The Balaban J connectivity index is 1.66. The average Bonchev–Trinajstić information content (AvgIpc) is 3.12. The minimum absolute atomic E-state index is 0.0351. The van der Waals surface area contributed by atoms with E-state index in [1.807, 2.05) is 56.3 Å². The standard InChI is InChI=1S/C24H21FN2O2S/c1-15-7-12-19(13-16(15)2)27-22(28)14-30-24(27)20-5-3-4-6-21(20)26-23(29)17-8-10-18(25)11-9-17/h3-13,24H,14H2,1-2H3,(H,26,29)/t24-/m0/s1. The third kappa shape index (κ3) is 3.96. The second-order valence-electron chi connectivity index (χ2n) is 7.24. The number of rotatable bonds is 4. The molecule has 1 aliphatic heterocycles. The van der Waals surface area contributed by atoms with Gasteiger partial charge in [-0.05, 0) is 67.4 Å². The summed E-state index contributed by atoms with van der Waals surface area (Å²) in [5, 5.41) is 2.67. The van der Waals surface area contributed by atoms with Crippen LogP contribution in [0.3, 0.4) is 0 Å². The van der Waals surface area contributed by atoms with Gasteiger partial charge in [-0.25, -0.2) is 4.39 Å². The molecule has 30 heavy (non-hydrogen) atoms. The number of nitrogens with one attached hydrogen (secondary N) is 1. The van der Waals surface area contributed by atoms with E-state index in [1.54, 1.807) is 4.90 Å². The highest BCUT2D eigenvalue weighted by molar-refractivity contribution is 8.00. The topological polar surface area (TPSA) is 49.4 Å². The number of hydrogen-bond donors (Lipinski definition) is 1. The molecule has 4 rings (SSSR count). The molecule has 0 unspecified atom stereocenters. The van der Waals surface area contributed by atoms with Gasteiger partial charge in [-0.15, -0.1) is 11.8 Å². The quantitative estimate of drug-likeness (QED) is 0.609. The Kier molecular flexibility index (Phi) is 5.59. The number of nitrogens with zero attached hydrogens (tertiary/aromatic N) is 1. The van der Waals surface area contributed by atoms with Crippen LogP contribution in [0.15, 0.2) is 66.7 Å². The van der Waals surface area contributed by atoms with Crippen molar-refractivity contribution < 1.29 is 14.0 Å². The predicted octanol–water partition coefficient (Wildman–Crippen LogP) is 5.47. The van der Waals surface area contributed by atoms with Crippen molar-refractivity contribution >= 4 is 35.0 Å². The first-order valence-corrected chi connectivity index (χ1v) is 10.7. The third-order valence-electron chi connectivity index (χ3n) is 5.22. The molecule has 0 aliphatic carbocycles. The number of para-hydroxylation sites is 1. The molecule has 1 fully saturated rings. The minimum atomic E-state index is -0.392. The Bertz CT molecular complexity index is 1110. The first-order valence-electron chi connectivity index (χ1n) is 9.61. The number of carbonyl (C=O) groups is 2. The summed E-state index contributed by atoms with van der Waals surface area (Å²) < 4.78 is 13.2. The number of anilines is 2. The maximum atomic E-state index is 13.2. The number of benzene rings is 3. The Morgan fingerprint density at radius 2 is 1.77 bits per heavy atom. The number of halogens is 1. The van der Waals surface area contributed by atoms with Crippen molar-refractivity contribution in [1.82, 2.24) is 0 Å². The van der Waals surface area contributed by atoms with Crippen molar-refractivity contribution in [2.75, 3.05) is 16.0 Å². The van der Waals surface area contributed by atoms with Gasteiger partial charge in [0.05, 0.1) is 5.75 Å². The van der Waals surface area contributed by atoms with Gasteiger partial charge in [0.15, 0.2) is 0 Å². The summed E-state index contributed by atoms with van der Waals surface area (Å²) in [7, 11) is 0. The molecule has 1 aliphatic rings. The van der Waals surface area contributed by atoms with Crippen LogP contribution >= 0.6 is 11.8 Å². The fourth-order valence-electron chi connectivity index (χ4n) is 3.43. The molecule has 1 atom stereocenters. The molecule has 4 nitrogen and oxygen atoms in total. The van der Waals surface area contributed by atoms with E-state index in [2.05, 4.69) is 5.32 Å². The van der Waals surface area contributed by atoms with Crippen LogP contribution in [0.1, 0.15) is 32.4 Å². The van der Waals surface area contributed by atoms with Crippen LogP contribution in [-0.2, 0) is 4.79 Å². The molecule has 0 radical (unpaired) electrons. The molecular weight excluding hydrogens is 399 g/mol. The molecule has 0 aromatic heterocycles. The minimum Gasteiger partial charge on any atom is -0.322 e. The molecule has 3 aromatic rings. The summed E-state index contributed by atoms with van der Waals surface area (Å²) in [4.78, 5) is 27.2. The highest BCUT2D eigenvalue weighted by Gasteiger charge is 2.35. The molecule has 6 heteroatoms. The second-order valence-corrected chi connectivity index (χ2v) is 8.31. The van der Waals surface area contributed by atoms with Gasteiger partial charge in [-0.3, -0.25) is 14.5 Å². The Hall–Kier alpha value is -3.12. The summed E-state index contributed by atoms with van der Waals surface area (Å²) in [6.45, 7) is 4.07. The van der Waals surface area contributed by atoms with Crippen molar-refractivity contribution in [3.8, 4) is 0 Å². The normalized spacial score (nSPS) is 16.0. The molecule has 3 aromatic carbocycles. The summed E-state index contributed by atoms with van der Waals surface area (Å²) in [5.41, 5.74) is 4.98. The van der Waals surface area contributed by atoms with Gasteiger partial charge in [0.1, 0.15) is 11.2 Å². The Morgan fingerprint density at radius 3 is 2.50 bits per heavy atom. The maximum Gasteiger partial charge on any atom is 0.255 e. The van der Waals surface area contributed by atoms with Gasteiger partial charge in [0.25, 0.3) is 5.91 Å². The van der Waals surface area contributed by atoms with Gasteiger partial charge >= 0.3 is 0 Å². The van der Waals surface area contributed by atoms with Crippen LogP contribution in [0.25, 0.3) is 0 Å². The van der Waals surface area contributed by atoms with Gasteiger partial charge in [-0.2, -0.15) is 0 Å². The van der Waals surface area contributed by atoms with Crippen molar-refractivity contribution in [2.45, 2.75) is 19.2 Å². The molecule has 1 heterocycles. The lowest BCUT2D eigenvalue weighted by molar-refractivity contribution is -0.115. The highest BCUT2D eigenvalue weighted by atomic mass is 32.2. The monoisotopic (exact) mass is 420 g/mol. The van der Waals surface area contributed by atoms with E-state index in [-0.39, 0.29) is 17.2 Å². The van der Waals surface area contributed by atoms with E-state index in [0.717, 1.165) is 16.8 Å². The van der Waals surface area contributed by atoms with Crippen LogP contribution < -0.4 is 10.2 Å². The molecule has 2 amide bonds. The number of amides is 2. The molecule has 0 saturated carbocycles. The van der Waals surface area contributed by atoms with Crippen LogP contribution in [0.5, 0.6) is 0 Å². The average molecular weight is 421 g/mol. The fourth-order valence-corrected chi connectivity index (χ4v) is 4.64. The van der Waals surface area contributed by atoms with Gasteiger partial charge < -0.3 is 5.32 Å². The largest absolute Gasteiger partial charge is 0.322 e. The molecular formula is C24H21FN2O2S. The number of carbonyl (C=O) groups excluding carboxylic acids is 2. The van der Waals surface area contributed by atoms with Crippen molar-refractivity contribution in [3.63, 3.8) is 0 Å². The van der Waals surface area contributed by atoms with Gasteiger partial charge in [-0.1, -0.05) is 24.3 Å². The molecule has 1 saturated heterocycles. The SMILES string of the molecule is Cc1ccc(N2C(=O)CS[C@H]2c2ccccc2NC(=O)c2ccc(F)cc2)cc1C. The molecule has 0 bridgehead atoms. The zero-order valence-corrected chi connectivity index (χ0v) is 17.5. The van der Waals surface area contributed by atoms with Crippen LogP contribution in [-0.4, -0.2) is 17.6 Å². The predicted molar refractivity (Wildman–Crippen MR) is 119 cm³/mol. The van der Waals surface area contributed by atoms with E-state index in [0.29, 0.717) is 17.0 Å². The van der Waals surface area contributed by atoms with Crippen molar-refractivity contribution in [2.24, 2.45) is 0 Å². The summed E-state index contributed by atoms with van der Waals surface area (Å²) in [6.07, 6.45) is 0. The van der Waals surface area contributed by atoms with Crippen LogP contribution in [0, 0.1) is 19.7 Å². The smallest absolute Gasteiger partial charge is 0.255 e. The van der Waals surface area contributed by atoms with Crippen molar-refractivity contribution in [3.05, 3.63) is 94.8 Å². The zero-order chi connectivity index (χ0) is 21.3. The van der Waals surface area contributed by atoms with Crippen molar-refractivity contribution in [1.29, 1.82) is 0 Å². The summed E-state index contributed by atoms with van der Waals surface area (Å²) in [5.74, 6) is -0.308. The van der Waals surface area contributed by atoms with E-state index in [1.165, 1.54) is 41.6 Å². The van der Waals surface area contributed by atoms with E-state index >= 15 is 0 Å². The van der Waals surface area contributed by atoms with E-state index < -0.39 is 5.82 Å². The third-order valence-corrected chi connectivity index (χ3v) is 6.41. The lowest BCUT2D eigenvalue weighted by Gasteiger charge is -2.26. The van der Waals surface area contributed by atoms with Crippen LogP contribution in [0.2, 0.25) is 0 Å². The highest BCUT2D eigenvalue weighted by Crippen LogP contribution is 2.44. The zero-order valence-electron chi connectivity index (χ0n) is 16.7. The number of hydrogen-bond acceptors (Lipinski definition) is 3. The van der Waals surface area contributed by atoms with Gasteiger partial charge in [0, 0.05) is 22.5 Å². The number of aryl methyl sites for hydroxylation is 2. The van der Waals surface area contributed by atoms with E-state index in [4.69, 9.17) is 0 Å². The van der Waals surface area contributed by atoms with Gasteiger partial charge in [0.2, 0.25) is 5.91 Å². The van der Waals surface area contributed by atoms with E-state index in [9.17, 15) is 14.0 Å². The molecule has 152 valence electrons. The Morgan fingerprint density at radius 1 is 1.03 bits per heavy atom. The second kappa shape index (κ2) is 8.32. The van der Waals surface area contributed by atoms with Crippen LogP contribution in [0.4, 0.5) is 15.8 Å². The molecule has 0 spiro atoms. The maximum absolute atomic E-state index is 13.2. The lowest BCUT2D eigenvalue weighted by Crippen LogP contribution is -2.28. The summed E-state index contributed by atoms with van der Waals surface area (Å²) in [6, 6.07) is 18.9. The lowest BCUT2D eigenvalue weighted by atomic mass is 10.1. The first kappa shape index (κ1) is 20.2. The summed E-state index contributed by atoms with van der Waals surface area (Å²) >= 11 is 1.53. The molecule has 1 N–H and O–H groups in total. The first-order chi connectivity index (χ1) is 14.4. The Labute approximate surface area is 179 Å². The fraction of sp³-hybridized carbons (Fsp3) is 0.167.